The summed E-state index contributed by atoms with van der Waals surface area (Å²) in [6, 6.07) is 3.60. The third-order valence-corrected chi connectivity index (χ3v) is 3.96. The molecule has 9 heteroatoms. The zero-order valence-electron chi connectivity index (χ0n) is 10.3. The molecular formula is C11H11FN4O2S2. The Kier molecular flexibility index (Phi) is 3.73. The van der Waals surface area contributed by atoms with Crippen LogP contribution in [0.4, 0.5) is 10.1 Å². The predicted octanol–water partition coefficient (Wildman–Crippen LogP) is 1.29. The molecule has 2 rings (SSSR count). The number of nitrogens with two attached hydrogens (primary N) is 1. The van der Waals surface area contributed by atoms with E-state index in [2.05, 4.69) is 14.7 Å². The number of sulfonamides is 1. The minimum Gasteiger partial charge on any atom is -0.389 e. The van der Waals surface area contributed by atoms with Gasteiger partial charge in [-0.25, -0.2) is 9.37 Å². The van der Waals surface area contributed by atoms with Gasteiger partial charge in [-0.2, -0.15) is 8.42 Å². The Hall–Kier alpha value is -2.00. The smallest absolute Gasteiger partial charge is 0.278 e. The van der Waals surface area contributed by atoms with Crippen LogP contribution in [0.1, 0.15) is 11.4 Å². The Labute approximate surface area is 120 Å². The number of aromatic nitrogens is 2. The molecular weight excluding hydrogens is 303 g/mol. The highest BCUT2D eigenvalue weighted by Gasteiger charge is 2.17. The van der Waals surface area contributed by atoms with Crippen molar-refractivity contribution in [1.82, 2.24) is 9.97 Å². The Morgan fingerprint density at radius 3 is 2.75 bits per heavy atom. The molecule has 1 aromatic carbocycles. The van der Waals surface area contributed by atoms with Crippen LogP contribution in [-0.4, -0.2) is 23.4 Å². The quantitative estimate of drug-likeness (QED) is 0.738. The first-order valence-electron chi connectivity index (χ1n) is 5.43. The molecule has 6 nitrogen and oxygen atoms in total. The zero-order valence-corrected chi connectivity index (χ0v) is 12.0. The molecule has 2 aromatic rings. The van der Waals surface area contributed by atoms with Gasteiger partial charge < -0.3 is 10.7 Å². The fourth-order valence-electron chi connectivity index (χ4n) is 1.52. The van der Waals surface area contributed by atoms with Crippen molar-refractivity contribution in [1.29, 1.82) is 0 Å². The summed E-state index contributed by atoms with van der Waals surface area (Å²) < 4.78 is 39.8. The minimum atomic E-state index is -3.82. The number of thiocarbonyl (C=S) groups is 1. The second-order valence-electron chi connectivity index (χ2n) is 4.00. The number of halogens is 1. The summed E-state index contributed by atoms with van der Waals surface area (Å²) in [5.41, 5.74) is 5.49. The summed E-state index contributed by atoms with van der Waals surface area (Å²) in [4.78, 5) is 6.26. The van der Waals surface area contributed by atoms with Crippen molar-refractivity contribution in [3.8, 4) is 0 Å². The van der Waals surface area contributed by atoms with Gasteiger partial charge in [0.05, 0.1) is 6.20 Å². The number of rotatable bonds is 4. The first kappa shape index (κ1) is 14.4. The lowest BCUT2D eigenvalue weighted by molar-refractivity contribution is 0.598. The van der Waals surface area contributed by atoms with Gasteiger partial charge in [0, 0.05) is 11.3 Å². The molecule has 0 aliphatic carbocycles. The topological polar surface area (TPSA) is 101 Å². The van der Waals surface area contributed by atoms with E-state index in [1.165, 1.54) is 18.3 Å². The highest BCUT2D eigenvalue weighted by atomic mass is 32.2. The molecule has 4 N–H and O–H groups in total. The minimum absolute atomic E-state index is 0.0269. The SMILES string of the molecule is Cc1ncc(S(=O)(=O)Nc2ccc(F)c(C(N)=S)c2)[nH]1. The monoisotopic (exact) mass is 314 g/mol. The van der Waals surface area contributed by atoms with Crippen LogP contribution in [0.5, 0.6) is 0 Å². The normalized spacial score (nSPS) is 11.3. The van der Waals surface area contributed by atoms with E-state index in [1.54, 1.807) is 6.92 Å². The number of hydrogen-bond donors (Lipinski definition) is 3. The van der Waals surface area contributed by atoms with Gasteiger partial charge in [0.2, 0.25) is 0 Å². The first-order valence-corrected chi connectivity index (χ1v) is 7.32. The molecule has 0 fully saturated rings. The van der Waals surface area contributed by atoms with Crippen molar-refractivity contribution < 1.29 is 12.8 Å². The van der Waals surface area contributed by atoms with Crippen molar-refractivity contribution in [3.63, 3.8) is 0 Å². The Bertz CT molecular complexity index is 770. The van der Waals surface area contributed by atoms with E-state index in [1.807, 2.05) is 0 Å². The summed E-state index contributed by atoms with van der Waals surface area (Å²) in [5, 5.41) is -0.0869. The third-order valence-electron chi connectivity index (χ3n) is 2.45. The van der Waals surface area contributed by atoms with Gasteiger partial charge in [-0.1, -0.05) is 12.2 Å². The fraction of sp³-hybridized carbons (Fsp3) is 0.0909. The van der Waals surface area contributed by atoms with Crippen LogP contribution in [0, 0.1) is 12.7 Å². The van der Waals surface area contributed by atoms with Gasteiger partial charge in [-0.05, 0) is 25.1 Å². The van der Waals surface area contributed by atoms with E-state index in [9.17, 15) is 12.8 Å². The molecule has 0 aliphatic heterocycles. The van der Waals surface area contributed by atoms with Crippen molar-refractivity contribution in [2.24, 2.45) is 5.73 Å². The van der Waals surface area contributed by atoms with E-state index in [0.717, 1.165) is 6.07 Å². The number of nitrogens with one attached hydrogen (secondary N) is 2. The maximum atomic E-state index is 13.4. The molecule has 0 radical (unpaired) electrons. The van der Waals surface area contributed by atoms with Crippen LogP contribution >= 0.6 is 12.2 Å². The molecule has 0 saturated heterocycles. The molecule has 1 heterocycles. The first-order chi connectivity index (χ1) is 9.29. The molecule has 0 aliphatic rings. The number of benzene rings is 1. The number of aromatic amines is 1. The van der Waals surface area contributed by atoms with Gasteiger partial charge in [-0.15, -0.1) is 0 Å². The van der Waals surface area contributed by atoms with E-state index >= 15 is 0 Å². The van der Waals surface area contributed by atoms with Crippen LogP contribution in [0.15, 0.2) is 29.4 Å². The molecule has 1 aromatic heterocycles. The highest BCUT2D eigenvalue weighted by Crippen LogP contribution is 2.18. The van der Waals surface area contributed by atoms with Crippen LogP contribution in [0.3, 0.4) is 0 Å². The molecule has 0 spiro atoms. The second-order valence-corrected chi connectivity index (χ2v) is 6.09. The van der Waals surface area contributed by atoms with Crippen molar-refractivity contribution in [2.75, 3.05) is 4.72 Å². The van der Waals surface area contributed by atoms with Gasteiger partial charge in [0.15, 0.2) is 5.03 Å². The van der Waals surface area contributed by atoms with Gasteiger partial charge in [0.25, 0.3) is 10.0 Å². The average molecular weight is 314 g/mol. The van der Waals surface area contributed by atoms with E-state index in [4.69, 9.17) is 18.0 Å². The summed E-state index contributed by atoms with van der Waals surface area (Å²) >= 11 is 4.69. The summed E-state index contributed by atoms with van der Waals surface area (Å²) in [7, 11) is -3.82. The van der Waals surface area contributed by atoms with Crippen molar-refractivity contribution in [3.05, 3.63) is 41.6 Å². The summed E-state index contributed by atoms with van der Waals surface area (Å²) in [6.07, 6.45) is 1.19. The fourth-order valence-corrected chi connectivity index (χ4v) is 2.70. The van der Waals surface area contributed by atoms with Crippen LogP contribution in [0.2, 0.25) is 0 Å². The Morgan fingerprint density at radius 2 is 2.20 bits per heavy atom. The molecule has 0 bridgehead atoms. The lowest BCUT2D eigenvalue weighted by Gasteiger charge is -2.08. The molecule has 0 unspecified atom stereocenters. The van der Waals surface area contributed by atoms with E-state index in [-0.39, 0.29) is 21.3 Å². The van der Waals surface area contributed by atoms with Gasteiger partial charge >= 0.3 is 0 Å². The molecule has 20 heavy (non-hydrogen) atoms. The lowest BCUT2D eigenvalue weighted by atomic mass is 10.2. The number of aryl methyl sites for hydroxylation is 1. The lowest BCUT2D eigenvalue weighted by Crippen LogP contribution is -2.16. The Balaban J connectivity index is 2.35. The average Bonchev–Trinajstić information content (AvgIpc) is 2.78. The summed E-state index contributed by atoms with van der Waals surface area (Å²) in [5.74, 6) is -0.147. The largest absolute Gasteiger partial charge is 0.389 e. The predicted molar refractivity (Wildman–Crippen MR) is 76.4 cm³/mol. The number of imidazole rings is 1. The number of H-pyrrole nitrogens is 1. The molecule has 0 saturated carbocycles. The Morgan fingerprint density at radius 1 is 1.50 bits per heavy atom. The maximum absolute atomic E-state index is 13.4. The molecule has 106 valence electrons. The van der Waals surface area contributed by atoms with Gasteiger partial charge in [-0.3, -0.25) is 4.72 Å². The number of hydrogen-bond acceptors (Lipinski definition) is 4. The van der Waals surface area contributed by atoms with Crippen LogP contribution in [0.25, 0.3) is 0 Å². The van der Waals surface area contributed by atoms with Crippen molar-refractivity contribution >= 4 is 32.9 Å². The van der Waals surface area contributed by atoms with Crippen LogP contribution in [-0.2, 0) is 10.0 Å². The summed E-state index contributed by atoms with van der Waals surface area (Å²) in [6.45, 7) is 1.63. The third kappa shape index (κ3) is 2.94. The maximum Gasteiger partial charge on any atom is 0.278 e. The second kappa shape index (κ2) is 5.17. The van der Waals surface area contributed by atoms with Crippen LogP contribution < -0.4 is 10.5 Å². The molecule has 0 atom stereocenters. The van der Waals surface area contributed by atoms with E-state index < -0.39 is 15.8 Å². The molecule has 0 amide bonds. The van der Waals surface area contributed by atoms with E-state index in [0.29, 0.717) is 5.82 Å². The van der Waals surface area contributed by atoms with Crippen molar-refractivity contribution in [2.45, 2.75) is 11.9 Å². The standard InChI is InChI=1S/C11H11FN4O2S2/c1-6-14-5-10(15-6)20(17,18)16-7-2-3-9(12)8(4-7)11(13)19/h2-5,16H,1H3,(H2,13,19)(H,14,15). The number of nitrogens with zero attached hydrogens (tertiary/aromatic N) is 1. The zero-order chi connectivity index (χ0) is 14.9. The number of anilines is 1. The van der Waals surface area contributed by atoms with Gasteiger partial charge in [0.1, 0.15) is 16.6 Å². The highest BCUT2D eigenvalue weighted by molar-refractivity contribution is 7.92.